The van der Waals surface area contributed by atoms with E-state index in [-0.39, 0.29) is 5.91 Å². The molecule has 0 bridgehead atoms. The summed E-state index contributed by atoms with van der Waals surface area (Å²) in [6.07, 6.45) is 4.14. The van der Waals surface area contributed by atoms with Gasteiger partial charge in [-0.25, -0.2) is 0 Å². The van der Waals surface area contributed by atoms with E-state index in [2.05, 4.69) is 18.3 Å². The zero-order valence-electron chi connectivity index (χ0n) is 9.62. The second kappa shape index (κ2) is 5.75. The van der Waals surface area contributed by atoms with Crippen LogP contribution in [-0.4, -0.2) is 12.5 Å². The first-order chi connectivity index (χ1) is 7.19. The molecule has 3 heteroatoms. The molecule has 0 aromatic rings. The highest BCUT2D eigenvalue weighted by Crippen LogP contribution is 2.36. The topological polar surface area (TPSA) is 52.9 Å². The van der Waals surface area contributed by atoms with Crippen molar-refractivity contribution in [1.29, 1.82) is 5.26 Å². The van der Waals surface area contributed by atoms with Gasteiger partial charge in [0.25, 0.3) is 0 Å². The first-order valence-electron chi connectivity index (χ1n) is 5.86. The van der Waals surface area contributed by atoms with Gasteiger partial charge >= 0.3 is 0 Å². The first-order valence-corrected chi connectivity index (χ1v) is 5.86. The van der Waals surface area contributed by atoms with E-state index in [4.69, 9.17) is 5.26 Å². The van der Waals surface area contributed by atoms with E-state index in [9.17, 15) is 4.79 Å². The maximum Gasteiger partial charge on any atom is 0.237 e. The Morgan fingerprint density at radius 1 is 1.60 bits per heavy atom. The minimum absolute atomic E-state index is 0.0909. The number of nitriles is 1. The van der Waals surface area contributed by atoms with E-state index < -0.39 is 5.92 Å². The highest BCUT2D eigenvalue weighted by atomic mass is 16.1. The monoisotopic (exact) mass is 208 g/mol. The third-order valence-corrected chi connectivity index (χ3v) is 3.07. The average Bonchev–Trinajstić information content (AvgIpc) is 3.05. The number of amides is 1. The highest BCUT2D eigenvalue weighted by Gasteiger charge is 2.28. The molecule has 1 fully saturated rings. The van der Waals surface area contributed by atoms with E-state index in [0.717, 1.165) is 18.9 Å². The molecule has 0 aromatic carbocycles. The molecule has 2 unspecified atom stereocenters. The Hall–Kier alpha value is -1.04. The molecule has 0 aromatic heterocycles. The van der Waals surface area contributed by atoms with Gasteiger partial charge in [0.15, 0.2) is 0 Å². The molecule has 1 N–H and O–H groups in total. The smallest absolute Gasteiger partial charge is 0.237 e. The van der Waals surface area contributed by atoms with Gasteiger partial charge in [-0.1, -0.05) is 20.3 Å². The van der Waals surface area contributed by atoms with Gasteiger partial charge in [-0.3, -0.25) is 4.79 Å². The van der Waals surface area contributed by atoms with Gasteiger partial charge in [-0.05, 0) is 31.1 Å². The number of rotatable bonds is 6. The Bertz CT molecular complexity index is 253. The van der Waals surface area contributed by atoms with Crippen LogP contribution in [0.25, 0.3) is 0 Å². The van der Waals surface area contributed by atoms with E-state index in [0.29, 0.717) is 12.3 Å². The summed E-state index contributed by atoms with van der Waals surface area (Å²) < 4.78 is 0. The number of nitrogens with one attached hydrogen (secondary N) is 1. The summed E-state index contributed by atoms with van der Waals surface area (Å²) in [5, 5.41) is 11.7. The summed E-state index contributed by atoms with van der Waals surface area (Å²) in [5.74, 6) is 0.820. The lowest BCUT2D eigenvalue weighted by molar-refractivity contribution is -0.123. The van der Waals surface area contributed by atoms with Crippen LogP contribution < -0.4 is 5.32 Å². The molecule has 1 saturated carbocycles. The fourth-order valence-corrected chi connectivity index (χ4v) is 1.76. The second-order valence-electron chi connectivity index (χ2n) is 4.53. The molecule has 2 atom stereocenters. The molecule has 1 amide bonds. The fourth-order valence-electron chi connectivity index (χ4n) is 1.76. The summed E-state index contributed by atoms with van der Waals surface area (Å²) >= 11 is 0. The molecule has 3 nitrogen and oxygen atoms in total. The van der Waals surface area contributed by atoms with Crippen LogP contribution in [0.2, 0.25) is 0 Å². The van der Waals surface area contributed by atoms with Crippen molar-refractivity contribution in [2.75, 3.05) is 6.54 Å². The van der Waals surface area contributed by atoms with E-state index in [1.807, 2.05) is 6.92 Å². The third-order valence-electron chi connectivity index (χ3n) is 3.07. The summed E-state index contributed by atoms with van der Waals surface area (Å²) in [6, 6.07) is 2.06. The number of carbonyl (C=O) groups excluding carboxylic acids is 1. The Morgan fingerprint density at radius 2 is 2.27 bits per heavy atom. The molecule has 15 heavy (non-hydrogen) atoms. The van der Waals surface area contributed by atoms with Gasteiger partial charge in [0.1, 0.15) is 5.92 Å². The lowest BCUT2D eigenvalue weighted by Gasteiger charge is -2.13. The lowest BCUT2D eigenvalue weighted by Crippen LogP contribution is -2.33. The van der Waals surface area contributed by atoms with Crippen LogP contribution in [0.15, 0.2) is 0 Å². The van der Waals surface area contributed by atoms with Gasteiger partial charge < -0.3 is 5.32 Å². The van der Waals surface area contributed by atoms with Crippen molar-refractivity contribution in [3.05, 3.63) is 0 Å². The summed E-state index contributed by atoms with van der Waals surface area (Å²) in [4.78, 5) is 11.6. The van der Waals surface area contributed by atoms with Crippen LogP contribution in [-0.2, 0) is 4.79 Å². The van der Waals surface area contributed by atoms with Crippen LogP contribution in [0, 0.1) is 29.1 Å². The van der Waals surface area contributed by atoms with Crippen LogP contribution in [0.4, 0.5) is 0 Å². The summed E-state index contributed by atoms with van der Waals surface area (Å²) in [5.41, 5.74) is 0. The van der Waals surface area contributed by atoms with Crippen molar-refractivity contribution in [3.8, 4) is 6.07 Å². The van der Waals surface area contributed by atoms with Gasteiger partial charge in [0.2, 0.25) is 5.91 Å². The van der Waals surface area contributed by atoms with Gasteiger partial charge in [0, 0.05) is 6.54 Å². The molecule has 84 valence electrons. The number of nitrogens with zero attached hydrogens (tertiary/aromatic N) is 1. The molecular formula is C12H20N2O. The second-order valence-corrected chi connectivity index (χ2v) is 4.53. The Balaban J connectivity index is 2.24. The predicted octanol–water partition coefficient (Wildman–Crippen LogP) is 2.09. The molecule has 1 aliphatic rings. The average molecular weight is 208 g/mol. The minimum Gasteiger partial charge on any atom is -0.355 e. The summed E-state index contributed by atoms with van der Waals surface area (Å²) in [7, 11) is 0. The third kappa shape index (κ3) is 3.91. The van der Waals surface area contributed by atoms with Crippen LogP contribution in [0.1, 0.15) is 39.5 Å². The predicted molar refractivity (Wildman–Crippen MR) is 58.9 cm³/mol. The molecule has 0 spiro atoms. The van der Waals surface area contributed by atoms with Crippen molar-refractivity contribution in [3.63, 3.8) is 0 Å². The Kier molecular flexibility index (Phi) is 4.61. The Morgan fingerprint density at radius 3 is 2.73 bits per heavy atom. The highest BCUT2D eigenvalue weighted by molar-refractivity contribution is 5.80. The normalized spacial score (nSPS) is 19.0. The van der Waals surface area contributed by atoms with Crippen molar-refractivity contribution in [1.82, 2.24) is 5.32 Å². The van der Waals surface area contributed by atoms with E-state index >= 15 is 0 Å². The Labute approximate surface area is 91.9 Å². The molecule has 0 saturated heterocycles. The quantitative estimate of drug-likeness (QED) is 0.726. The molecule has 0 radical (unpaired) electrons. The molecule has 0 heterocycles. The van der Waals surface area contributed by atoms with Gasteiger partial charge in [0.05, 0.1) is 6.07 Å². The standard InChI is InChI=1S/C12H20N2O/c1-3-4-11(7-13)12(15)14-8-9(2)10-5-6-10/h9-11H,3-6,8H2,1-2H3,(H,14,15). The number of carbonyl (C=O) groups is 1. The van der Waals surface area contributed by atoms with Gasteiger partial charge in [-0.15, -0.1) is 0 Å². The fraction of sp³-hybridized carbons (Fsp3) is 0.833. The van der Waals surface area contributed by atoms with Crippen molar-refractivity contribution >= 4 is 5.91 Å². The minimum atomic E-state index is -0.457. The zero-order valence-corrected chi connectivity index (χ0v) is 9.62. The largest absolute Gasteiger partial charge is 0.355 e. The SMILES string of the molecule is CCCC(C#N)C(=O)NCC(C)C1CC1. The van der Waals surface area contributed by atoms with Gasteiger partial charge in [-0.2, -0.15) is 5.26 Å². The van der Waals surface area contributed by atoms with Crippen LogP contribution in [0.3, 0.4) is 0 Å². The van der Waals surface area contributed by atoms with E-state index in [1.165, 1.54) is 12.8 Å². The summed E-state index contributed by atoms with van der Waals surface area (Å²) in [6.45, 7) is 4.88. The number of hydrogen-bond donors (Lipinski definition) is 1. The molecule has 1 aliphatic carbocycles. The van der Waals surface area contributed by atoms with Crippen LogP contribution >= 0.6 is 0 Å². The van der Waals surface area contributed by atoms with Crippen molar-refractivity contribution in [2.24, 2.45) is 17.8 Å². The van der Waals surface area contributed by atoms with Crippen molar-refractivity contribution < 1.29 is 4.79 Å². The maximum absolute atomic E-state index is 11.6. The molecule has 0 aliphatic heterocycles. The zero-order chi connectivity index (χ0) is 11.3. The maximum atomic E-state index is 11.6. The molecular weight excluding hydrogens is 188 g/mol. The van der Waals surface area contributed by atoms with E-state index in [1.54, 1.807) is 0 Å². The first kappa shape index (κ1) is 12.0. The van der Waals surface area contributed by atoms with Crippen molar-refractivity contribution in [2.45, 2.75) is 39.5 Å². The van der Waals surface area contributed by atoms with Crippen LogP contribution in [0.5, 0.6) is 0 Å². The lowest BCUT2D eigenvalue weighted by atomic mass is 10.0. The molecule has 1 rings (SSSR count). The number of hydrogen-bond acceptors (Lipinski definition) is 2.